The number of imidazole rings is 1. The van der Waals surface area contributed by atoms with Crippen LogP contribution in [-0.4, -0.2) is 14.7 Å². The van der Waals surface area contributed by atoms with Gasteiger partial charge in [-0.3, -0.25) is 4.57 Å². The van der Waals surface area contributed by atoms with E-state index in [1.54, 1.807) is 31.2 Å². The summed E-state index contributed by atoms with van der Waals surface area (Å²) in [5.74, 6) is 0.519. The maximum atomic E-state index is 9.98. The zero-order chi connectivity index (χ0) is 15.0. The Morgan fingerprint density at radius 3 is 2.81 bits per heavy atom. The SMILES string of the molecule is CC(O)c1nc2cc(N)ccc2n1-c1cccc(C#N)c1. The molecule has 3 N–H and O–H groups in total. The number of fused-ring (bicyclic) bond motifs is 1. The lowest BCUT2D eigenvalue weighted by Gasteiger charge is -2.11. The highest BCUT2D eigenvalue weighted by Gasteiger charge is 2.16. The third-order valence-corrected chi connectivity index (χ3v) is 3.31. The molecular formula is C16H14N4O. The van der Waals surface area contributed by atoms with Gasteiger partial charge in [0.15, 0.2) is 0 Å². The van der Waals surface area contributed by atoms with E-state index in [9.17, 15) is 5.11 Å². The Labute approximate surface area is 121 Å². The van der Waals surface area contributed by atoms with Gasteiger partial charge in [-0.2, -0.15) is 5.26 Å². The molecule has 1 atom stereocenters. The topological polar surface area (TPSA) is 87.9 Å². The van der Waals surface area contributed by atoms with Crippen molar-refractivity contribution < 1.29 is 5.11 Å². The van der Waals surface area contributed by atoms with Gasteiger partial charge in [0, 0.05) is 11.4 Å². The number of aliphatic hydroxyl groups is 1. The normalized spacial score (nSPS) is 12.2. The molecule has 0 radical (unpaired) electrons. The molecule has 1 aromatic heterocycles. The van der Waals surface area contributed by atoms with Crippen LogP contribution in [0.1, 0.15) is 24.4 Å². The van der Waals surface area contributed by atoms with Gasteiger partial charge in [-0.1, -0.05) is 6.07 Å². The van der Waals surface area contributed by atoms with E-state index in [4.69, 9.17) is 11.0 Å². The van der Waals surface area contributed by atoms with Gasteiger partial charge in [-0.05, 0) is 43.3 Å². The third-order valence-electron chi connectivity index (χ3n) is 3.31. The first-order valence-electron chi connectivity index (χ1n) is 6.56. The number of rotatable bonds is 2. The molecule has 0 saturated carbocycles. The molecule has 5 heteroatoms. The van der Waals surface area contributed by atoms with Crippen molar-refractivity contribution in [1.82, 2.24) is 9.55 Å². The van der Waals surface area contributed by atoms with Crippen molar-refractivity contribution in [2.24, 2.45) is 0 Å². The van der Waals surface area contributed by atoms with Crippen molar-refractivity contribution in [3.05, 3.63) is 53.9 Å². The molecule has 3 rings (SSSR count). The Morgan fingerprint density at radius 1 is 1.29 bits per heavy atom. The van der Waals surface area contributed by atoms with Gasteiger partial charge in [0.25, 0.3) is 0 Å². The Balaban J connectivity index is 2.34. The van der Waals surface area contributed by atoms with Crippen molar-refractivity contribution in [3.63, 3.8) is 0 Å². The van der Waals surface area contributed by atoms with Crippen molar-refractivity contribution in [2.45, 2.75) is 13.0 Å². The Hall–Kier alpha value is -2.84. The number of anilines is 1. The zero-order valence-electron chi connectivity index (χ0n) is 11.5. The van der Waals surface area contributed by atoms with E-state index in [0.29, 0.717) is 22.6 Å². The molecule has 2 aromatic carbocycles. The number of aliphatic hydroxyl groups excluding tert-OH is 1. The van der Waals surface area contributed by atoms with Crippen LogP contribution in [0.5, 0.6) is 0 Å². The van der Waals surface area contributed by atoms with Gasteiger partial charge in [0.2, 0.25) is 0 Å². The summed E-state index contributed by atoms with van der Waals surface area (Å²) in [6, 6.07) is 14.7. The third kappa shape index (κ3) is 2.22. The molecule has 1 heterocycles. The first-order chi connectivity index (χ1) is 10.1. The number of nitriles is 1. The number of nitrogen functional groups attached to an aromatic ring is 1. The van der Waals surface area contributed by atoms with E-state index in [-0.39, 0.29) is 0 Å². The fourth-order valence-electron chi connectivity index (χ4n) is 2.38. The van der Waals surface area contributed by atoms with Crippen molar-refractivity contribution in [2.75, 3.05) is 5.73 Å². The molecule has 104 valence electrons. The van der Waals surface area contributed by atoms with E-state index in [1.807, 2.05) is 22.8 Å². The molecule has 0 spiro atoms. The monoisotopic (exact) mass is 278 g/mol. The number of benzene rings is 2. The molecule has 0 fully saturated rings. The first kappa shape index (κ1) is 13.2. The molecule has 0 aliphatic heterocycles. The van der Waals surface area contributed by atoms with Crippen LogP contribution in [0.4, 0.5) is 5.69 Å². The van der Waals surface area contributed by atoms with E-state index < -0.39 is 6.10 Å². The molecule has 1 unspecified atom stereocenters. The van der Waals surface area contributed by atoms with Crippen LogP contribution in [0.3, 0.4) is 0 Å². The maximum Gasteiger partial charge on any atom is 0.143 e. The smallest absolute Gasteiger partial charge is 0.143 e. The summed E-state index contributed by atoms with van der Waals surface area (Å²) >= 11 is 0. The van der Waals surface area contributed by atoms with E-state index in [0.717, 1.165) is 11.2 Å². The highest BCUT2D eigenvalue weighted by molar-refractivity contribution is 5.81. The number of hydrogen-bond acceptors (Lipinski definition) is 4. The van der Waals surface area contributed by atoms with E-state index >= 15 is 0 Å². The average molecular weight is 278 g/mol. The van der Waals surface area contributed by atoms with Crippen LogP contribution in [0, 0.1) is 11.3 Å². The van der Waals surface area contributed by atoms with Crippen molar-refractivity contribution in [1.29, 1.82) is 5.26 Å². The van der Waals surface area contributed by atoms with E-state index in [1.165, 1.54) is 0 Å². The van der Waals surface area contributed by atoms with E-state index in [2.05, 4.69) is 11.1 Å². The second-order valence-corrected chi connectivity index (χ2v) is 4.89. The van der Waals surface area contributed by atoms with Crippen molar-refractivity contribution in [3.8, 4) is 11.8 Å². The van der Waals surface area contributed by atoms with Gasteiger partial charge < -0.3 is 10.8 Å². The Morgan fingerprint density at radius 2 is 2.10 bits per heavy atom. The van der Waals surface area contributed by atoms with Gasteiger partial charge in [0.05, 0.1) is 22.7 Å². The molecule has 5 nitrogen and oxygen atoms in total. The summed E-state index contributed by atoms with van der Waals surface area (Å²) in [5, 5.41) is 19.0. The minimum atomic E-state index is -0.732. The lowest BCUT2D eigenvalue weighted by atomic mass is 10.2. The van der Waals surface area contributed by atoms with Crippen LogP contribution in [0.25, 0.3) is 16.7 Å². The van der Waals surface area contributed by atoms with Gasteiger partial charge in [-0.15, -0.1) is 0 Å². The van der Waals surface area contributed by atoms with Crippen LogP contribution in [0.2, 0.25) is 0 Å². The first-order valence-corrected chi connectivity index (χ1v) is 6.56. The number of nitrogens with zero attached hydrogens (tertiary/aromatic N) is 3. The predicted molar refractivity (Wildman–Crippen MR) is 80.8 cm³/mol. The number of hydrogen-bond donors (Lipinski definition) is 2. The minimum Gasteiger partial charge on any atom is -0.399 e. The summed E-state index contributed by atoms with van der Waals surface area (Å²) in [5.41, 5.74) is 9.31. The second-order valence-electron chi connectivity index (χ2n) is 4.89. The quantitative estimate of drug-likeness (QED) is 0.705. The summed E-state index contributed by atoms with van der Waals surface area (Å²) in [6.07, 6.45) is -0.732. The van der Waals surface area contributed by atoms with Gasteiger partial charge in [-0.25, -0.2) is 4.98 Å². The zero-order valence-corrected chi connectivity index (χ0v) is 11.5. The molecule has 0 amide bonds. The molecule has 0 bridgehead atoms. The molecule has 0 saturated heterocycles. The summed E-state index contributed by atoms with van der Waals surface area (Å²) in [7, 11) is 0. The summed E-state index contributed by atoms with van der Waals surface area (Å²) in [6.45, 7) is 1.66. The largest absolute Gasteiger partial charge is 0.399 e. The van der Waals surface area contributed by atoms with Crippen LogP contribution >= 0.6 is 0 Å². The molecular weight excluding hydrogens is 264 g/mol. The standard InChI is InChI=1S/C16H14N4O/c1-10(21)16-19-14-8-12(18)5-6-15(14)20(16)13-4-2-3-11(7-13)9-17/h2-8,10,21H,18H2,1H3. The predicted octanol–water partition coefficient (Wildman–Crippen LogP) is 2.53. The molecule has 21 heavy (non-hydrogen) atoms. The average Bonchev–Trinajstić information content (AvgIpc) is 2.86. The van der Waals surface area contributed by atoms with Crippen LogP contribution < -0.4 is 5.73 Å². The highest BCUT2D eigenvalue weighted by atomic mass is 16.3. The highest BCUT2D eigenvalue weighted by Crippen LogP contribution is 2.26. The lowest BCUT2D eigenvalue weighted by molar-refractivity contribution is 0.187. The molecule has 0 aliphatic rings. The van der Waals surface area contributed by atoms with Gasteiger partial charge in [0.1, 0.15) is 11.9 Å². The van der Waals surface area contributed by atoms with Crippen molar-refractivity contribution >= 4 is 16.7 Å². The fourth-order valence-corrected chi connectivity index (χ4v) is 2.38. The van der Waals surface area contributed by atoms with Crippen LogP contribution in [0.15, 0.2) is 42.5 Å². The van der Waals surface area contributed by atoms with Gasteiger partial charge >= 0.3 is 0 Å². The molecule has 0 aliphatic carbocycles. The maximum absolute atomic E-state index is 9.98. The Bertz CT molecular complexity index is 858. The summed E-state index contributed by atoms with van der Waals surface area (Å²) in [4.78, 5) is 4.45. The number of aromatic nitrogens is 2. The fraction of sp³-hybridized carbons (Fsp3) is 0.125. The lowest BCUT2D eigenvalue weighted by Crippen LogP contribution is -2.04. The Kier molecular flexibility index (Phi) is 3.09. The second kappa shape index (κ2) is 4.93. The number of nitrogens with two attached hydrogens (primary N) is 1. The van der Waals surface area contributed by atoms with Crippen LogP contribution in [-0.2, 0) is 0 Å². The minimum absolute atomic E-state index is 0.519. The summed E-state index contributed by atoms with van der Waals surface area (Å²) < 4.78 is 1.85. The molecule has 3 aromatic rings.